The molecule has 1 saturated heterocycles. The van der Waals surface area contributed by atoms with E-state index in [-0.39, 0.29) is 25.0 Å². The van der Waals surface area contributed by atoms with E-state index < -0.39 is 24.6 Å². The molecule has 0 aromatic heterocycles. The van der Waals surface area contributed by atoms with Crippen LogP contribution >= 0.6 is 0 Å². The minimum Gasteiger partial charge on any atom is -0.378 e. The van der Waals surface area contributed by atoms with Crippen LogP contribution in [0.15, 0.2) is 4.99 Å². The van der Waals surface area contributed by atoms with Gasteiger partial charge in [0.1, 0.15) is 0 Å². The van der Waals surface area contributed by atoms with Gasteiger partial charge < -0.3 is 15.0 Å². The summed E-state index contributed by atoms with van der Waals surface area (Å²) < 4.78 is 54.6. The van der Waals surface area contributed by atoms with Gasteiger partial charge in [0, 0.05) is 39.0 Å². The van der Waals surface area contributed by atoms with Gasteiger partial charge >= 0.3 is 0 Å². The molecule has 0 unspecified atom stereocenters. The Kier molecular flexibility index (Phi) is 9.17. The number of sulfone groups is 1. The maximum Gasteiger partial charge on any atom is 0.216 e. The van der Waals surface area contributed by atoms with Crippen LogP contribution in [0, 0.1) is 0 Å². The van der Waals surface area contributed by atoms with Crippen molar-refractivity contribution in [1.29, 1.82) is 0 Å². The Bertz CT molecular complexity index is 725. The number of sulfonamides is 1. The molecular weight excluding hydrogens is 404 g/mol. The standard InChI is InChI=1S/C17H36N4O5S2/c1-7-18-16(19-14-17(4,5)27(6,22)23)20-8-10-21(11-9-20)28(24,25)13-12-26-15(2)3/h15H,7-14H2,1-6H3,(H,18,19). The van der Waals surface area contributed by atoms with Crippen LogP contribution in [0.2, 0.25) is 0 Å². The smallest absolute Gasteiger partial charge is 0.216 e. The molecule has 1 aliphatic heterocycles. The summed E-state index contributed by atoms with van der Waals surface area (Å²) in [4.78, 5) is 6.47. The number of nitrogens with zero attached hydrogens (tertiary/aromatic N) is 3. The lowest BCUT2D eigenvalue weighted by Crippen LogP contribution is -2.54. The Morgan fingerprint density at radius 3 is 2.18 bits per heavy atom. The van der Waals surface area contributed by atoms with Crippen LogP contribution in [-0.4, -0.2) is 101 Å². The first-order valence-electron chi connectivity index (χ1n) is 9.62. The zero-order valence-corrected chi connectivity index (χ0v) is 19.6. The molecule has 1 aliphatic rings. The molecule has 166 valence electrons. The molecule has 28 heavy (non-hydrogen) atoms. The molecule has 1 rings (SSSR count). The van der Waals surface area contributed by atoms with Crippen LogP contribution in [-0.2, 0) is 24.6 Å². The fourth-order valence-electron chi connectivity index (χ4n) is 2.50. The highest BCUT2D eigenvalue weighted by molar-refractivity contribution is 7.92. The van der Waals surface area contributed by atoms with Gasteiger partial charge in [0.15, 0.2) is 15.8 Å². The molecule has 0 saturated carbocycles. The van der Waals surface area contributed by atoms with Crippen molar-refractivity contribution in [3.8, 4) is 0 Å². The molecule has 0 amide bonds. The van der Waals surface area contributed by atoms with Crippen LogP contribution in [0.1, 0.15) is 34.6 Å². The van der Waals surface area contributed by atoms with Crippen molar-refractivity contribution in [2.45, 2.75) is 45.5 Å². The first kappa shape index (κ1) is 25.1. The van der Waals surface area contributed by atoms with Gasteiger partial charge in [-0.15, -0.1) is 0 Å². The SMILES string of the molecule is CCNC(=NCC(C)(C)S(C)(=O)=O)N1CCN(S(=O)(=O)CCOC(C)C)CC1. The van der Waals surface area contributed by atoms with Gasteiger partial charge in [-0.05, 0) is 34.6 Å². The van der Waals surface area contributed by atoms with Crippen LogP contribution in [0.3, 0.4) is 0 Å². The summed E-state index contributed by atoms with van der Waals surface area (Å²) in [7, 11) is -6.59. The predicted molar refractivity (Wildman–Crippen MR) is 113 cm³/mol. The van der Waals surface area contributed by atoms with Gasteiger partial charge in [0.05, 0.1) is 29.8 Å². The first-order valence-corrected chi connectivity index (χ1v) is 13.1. The van der Waals surface area contributed by atoms with E-state index in [4.69, 9.17) is 4.74 Å². The maximum absolute atomic E-state index is 12.5. The van der Waals surface area contributed by atoms with E-state index in [0.29, 0.717) is 38.7 Å². The Labute approximate surface area is 170 Å². The number of piperazine rings is 1. The molecule has 0 atom stereocenters. The summed E-state index contributed by atoms with van der Waals surface area (Å²) in [5.41, 5.74) is 0. The van der Waals surface area contributed by atoms with Crippen molar-refractivity contribution in [3.05, 3.63) is 0 Å². The van der Waals surface area contributed by atoms with E-state index in [2.05, 4.69) is 10.3 Å². The van der Waals surface area contributed by atoms with Crippen LogP contribution in [0.5, 0.6) is 0 Å². The molecule has 0 spiro atoms. The number of aliphatic imine (C=N–C) groups is 1. The van der Waals surface area contributed by atoms with Crippen molar-refractivity contribution in [3.63, 3.8) is 0 Å². The number of hydrogen-bond donors (Lipinski definition) is 1. The van der Waals surface area contributed by atoms with Crippen molar-refractivity contribution in [1.82, 2.24) is 14.5 Å². The molecule has 9 nitrogen and oxygen atoms in total. The minimum absolute atomic E-state index is 0.00196. The molecule has 0 bridgehead atoms. The third kappa shape index (κ3) is 7.49. The second-order valence-electron chi connectivity index (χ2n) is 7.82. The van der Waals surface area contributed by atoms with Crippen molar-refractivity contribution in [2.75, 3.05) is 57.9 Å². The Morgan fingerprint density at radius 2 is 1.71 bits per heavy atom. The number of nitrogens with one attached hydrogen (secondary N) is 1. The van der Waals surface area contributed by atoms with E-state index in [0.717, 1.165) is 0 Å². The molecule has 0 aromatic rings. The van der Waals surface area contributed by atoms with E-state index in [1.54, 1.807) is 13.8 Å². The van der Waals surface area contributed by atoms with Crippen molar-refractivity contribution in [2.24, 2.45) is 4.99 Å². The molecule has 0 aromatic carbocycles. The quantitative estimate of drug-likeness (QED) is 0.401. The van der Waals surface area contributed by atoms with Gasteiger partial charge in [0.2, 0.25) is 10.0 Å². The predicted octanol–water partition coefficient (Wildman–Crippen LogP) is 0.148. The third-order valence-electron chi connectivity index (χ3n) is 4.67. The molecule has 0 aliphatic carbocycles. The highest BCUT2D eigenvalue weighted by Crippen LogP contribution is 2.16. The maximum atomic E-state index is 12.5. The van der Waals surface area contributed by atoms with E-state index in [1.165, 1.54) is 10.6 Å². The number of guanidine groups is 1. The Morgan fingerprint density at radius 1 is 1.14 bits per heavy atom. The summed E-state index contributed by atoms with van der Waals surface area (Å²) in [5, 5.41) is 3.17. The zero-order chi connectivity index (χ0) is 21.6. The molecule has 1 fully saturated rings. The summed E-state index contributed by atoms with van der Waals surface area (Å²) >= 11 is 0. The normalized spacial score (nSPS) is 18.0. The summed E-state index contributed by atoms with van der Waals surface area (Å²) in [6.07, 6.45) is 1.21. The Hall–Kier alpha value is -0.910. The highest BCUT2D eigenvalue weighted by atomic mass is 32.2. The monoisotopic (exact) mass is 440 g/mol. The molecular formula is C17H36N4O5S2. The van der Waals surface area contributed by atoms with Gasteiger partial charge in [-0.1, -0.05) is 0 Å². The van der Waals surface area contributed by atoms with Crippen LogP contribution < -0.4 is 5.32 Å². The summed E-state index contributed by atoms with van der Waals surface area (Å²) in [6.45, 7) is 11.7. The molecule has 1 N–H and O–H groups in total. The van der Waals surface area contributed by atoms with E-state index in [1.807, 2.05) is 25.7 Å². The van der Waals surface area contributed by atoms with Gasteiger partial charge in [-0.3, -0.25) is 4.99 Å². The largest absolute Gasteiger partial charge is 0.378 e. The lowest BCUT2D eigenvalue weighted by molar-refractivity contribution is 0.0904. The summed E-state index contributed by atoms with van der Waals surface area (Å²) in [6, 6.07) is 0. The van der Waals surface area contributed by atoms with E-state index in [9.17, 15) is 16.8 Å². The fraction of sp³-hybridized carbons (Fsp3) is 0.941. The van der Waals surface area contributed by atoms with Crippen molar-refractivity contribution >= 4 is 25.8 Å². The Balaban J connectivity index is 2.73. The fourth-order valence-corrected chi connectivity index (χ4v) is 4.09. The number of rotatable bonds is 9. The first-order chi connectivity index (χ1) is 12.8. The lowest BCUT2D eigenvalue weighted by atomic mass is 10.2. The van der Waals surface area contributed by atoms with Gasteiger partial charge in [0.25, 0.3) is 0 Å². The lowest BCUT2D eigenvalue weighted by Gasteiger charge is -2.36. The van der Waals surface area contributed by atoms with E-state index >= 15 is 0 Å². The average molecular weight is 441 g/mol. The second kappa shape index (κ2) is 10.2. The zero-order valence-electron chi connectivity index (χ0n) is 17.9. The van der Waals surface area contributed by atoms with Crippen molar-refractivity contribution < 1.29 is 21.6 Å². The number of hydrogen-bond acceptors (Lipinski definition) is 6. The molecule has 11 heteroatoms. The van der Waals surface area contributed by atoms with Gasteiger partial charge in [-0.25, -0.2) is 16.8 Å². The highest BCUT2D eigenvalue weighted by Gasteiger charge is 2.31. The molecule has 0 radical (unpaired) electrons. The van der Waals surface area contributed by atoms with Crippen LogP contribution in [0.25, 0.3) is 0 Å². The van der Waals surface area contributed by atoms with Gasteiger partial charge in [-0.2, -0.15) is 4.31 Å². The average Bonchev–Trinajstić information content (AvgIpc) is 2.57. The number of ether oxygens (including phenoxy) is 1. The topological polar surface area (TPSA) is 108 Å². The van der Waals surface area contributed by atoms with Crippen LogP contribution in [0.4, 0.5) is 0 Å². The third-order valence-corrected chi connectivity index (χ3v) is 8.64. The second-order valence-corrected chi connectivity index (χ2v) is 12.6. The minimum atomic E-state index is -3.35. The summed E-state index contributed by atoms with van der Waals surface area (Å²) in [5.74, 6) is 0.585. The molecule has 1 heterocycles.